The van der Waals surface area contributed by atoms with Crippen LogP contribution in [0, 0.1) is 0 Å². The van der Waals surface area contributed by atoms with E-state index in [1.165, 1.54) is 130 Å². The molecular formula is C48H81O3P. The van der Waals surface area contributed by atoms with Crippen LogP contribution in [-0.2, 0) is 26.2 Å². The van der Waals surface area contributed by atoms with Crippen molar-refractivity contribution in [2.75, 3.05) is 6.61 Å². The molecule has 0 atom stereocenters. The van der Waals surface area contributed by atoms with Crippen LogP contribution in [0.25, 0.3) is 0 Å². The van der Waals surface area contributed by atoms with Crippen LogP contribution < -0.4 is 9.05 Å². The van der Waals surface area contributed by atoms with Crippen LogP contribution in [-0.4, -0.2) is 6.61 Å². The van der Waals surface area contributed by atoms with Crippen LogP contribution in [0.2, 0.25) is 0 Å². The molecule has 3 rings (SSSR count). The Kier molecular flexibility index (Phi) is 17.1. The van der Waals surface area contributed by atoms with Crippen molar-refractivity contribution in [3.05, 3.63) is 57.6 Å². The number of hydrogen-bond donors (Lipinski definition) is 0. The lowest BCUT2D eigenvalue weighted by Crippen LogP contribution is -2.23. The Bertz CT molecular complexity index is 1280. The van der Waals surface area contributed by atoms with Crippen molar-refractivity contribution in [2.24, 2.45) is 0 Å². The first-order valence-electron chi connectivity index (χ1n) is 21.4. The Morgan fingerprint density at radius 1 is 0.481 bits per heavy atom. The van der Waals surface area contributed by atoms with Gasteiger partial charge in [0.2, 0.25) is 0 Å². The van der Waals surface area contributed by atoms with Crippen molar-refractivity contribution in [1.29, 1.82) is 0 Å². The summed E-state index contributed by atoms with van der Waals surface area (Å²) < 4.78 is 20.6. The molecule has 0 saturated heterocycles. The minimum absolute atomic E-state index is 0.00868. The fraction of sp³-hybridized carbons (Fsp3) is 0.750. The number of rotatable bonds is 18. The van der Waals surface area contributed by atoms with Crippen LogP contribution in [0.1, 0.15) is 239 Å². The van der Waals surface area contributed by atoms with Crippen molar-refractivity contribution < 1.29 is 13.6 Å². The Morgan fingerprint density at radius 3 is 1.12 bits per heavy atom. The van der Waals surface area contributed by atoms with Crippen molar-refractivity contribution in [2.45, 2.75) is 227 Å². The lowest BCUT2D eigenvalue weighted by Gasteiger charge is -2.36. The van der Waals surface area contributed by atoms with E-state index >= 15 is 0 Å². The molecule has 1 heterocycles. The molecule has 0 aromatic heterocycles. The molecule has 0 fully saturated rings. The molecular weight excluding hydrogens is 655 g/mol. The molecule has 0 aliphatic carbocycles. The topological polar surface area (TPSA) is 27.7 Å². The third kappa shape index (κ3) is 13.6. The van der Waals surface area contributed by atoms with Gasteiger partial charge in [0.05, 0.1) is 6.61 Å². The van der Waals surface area contributed by atoms with E-state index in [9.17, 15) is 0 Å². The van der Waals surface area contributed by atoms with Gasteiger partial charge >= 0.3 is 8.60 Å². The van der Waals surface area contributed by atoms with Crippen molar-refractivity contribution in [3.63, 3.8) is 0 Å². The maximum atomic E-state index is 7.00. The molecule has 0 bridgehead atoms. The van der Waals surface area contributed by atoms with Crippen molar-refractivity contribution >= 4 is 8.60 Å². The van der Waals surface area contributed by atoms with Crippen LogP contribution >= 0.6 is 8.60 Å². The van der Waals surface area contributed by atoms with Gasteiger partial charge in [-0.25, -0.2) is 0 Å². The molecule has 0 N–H and O–H groups in total. The van der Waals surface area contributed by atoms with Gasteiger partial charge < -0.3 is 9.05 Å². The molecule has 0 saturated carbocycles. The van der Waals surface area contributed by atoms with Crippen molar-refractivity contribution in [3.8, 4) is 11.5 Å². The van der Waals surface area contributed by atoms with Crippen LogP contribution in [0.5, 0.6) is 11.5 Å². The van der Waals surface area contributed by atoms with Gasteiger partial charge in [-0.1, -0.05) is 218 Å². The second-order valence-electron chi connectivity index (χ2n) is 20.1. The molecule has 3 nitrogen and oxygen atoms in total. The normalized spacial score (nSPS) is 16.8. The quantitative estimate of drug-likeness (QED) is 0.113. The van der Waals surface area contributed by atoms with Gasteiger partial charge in [0, 0.05) is 28.2 Å². The lowest BCUT2D eigenvalue weighted by molar-refractivity contribution is 0.252. The summed E-state index contributed by atoms with van der Waals surface area (Å²) in [5.74, 6) is 2.00. The van der Waals surface area contributed by atoms with Gasteiger partial charge in [0.1, 0.15) is 11.5 Å². The molecule has 1 aliphatic heterocycles. The Morgan fingerprint density at radius 2 is 0.808 bits per heavy atom. The standard InChI is InChI=1S/C48H81O3P/c1-15-16-17-18-19-20-21-22-23-24-25-26-27-28-29-30-31-49-52-50-43-39(32-37(45(3,4)5)34-41(43)47(9,10)11)36(2)40-33-38(46(6,7)8)35-42(44(40)51-52)48(12,13)14/h32-36H,15-31H2,1-14H3. The number of hydrogen-bond acceptors (Lipinski definition) is 3. The summed E-state index contributed by atoms with van der Waals surface area (Å²) in [6, 6.07) is 9.58. The first-order valence-corrected chi connectivity index (χ1v) is 22.5. The van der Waals surface area contributed by atoms with E-state index in [0.717, 1.165) is 17.9 Å². The van der Waals surface area contributed by atoms with Gasteiger partial charge in [-0.2, -0.15) is 0 Å². The summed E-state index contributed by atoms with van der Waals surface area (Å²) in [6.07, 6.45) is 21.8. The highest BCUT2D eigenvalue weighted by Crippen LogP contribution is 2.56. The van der Waals surface area contributed by atoms with Crippen LogP contribution in [0.15, 0.2) is 24.3 Å². The zero-order valence-electron chi connectivity index (χ0n) is 36.6. The fourth-order valence-corrected chi connectivity index (χ4v) is 8.43. The van der Waals surface area contributed by atoms with Crippen molar-refractivity contribution in [1.82, 2.24) is 0 Å². The molecule has 4 heteroatoms. The summed E-state index contributed by atoms with van der Waals surface area (Å²) in [4.78, 5) is 0. The predicted octanol–water partition coefficient (Wildman–Crippen LogP) is 16.3. The number of unbranched alkanes of at least 4 members (excludes halogenated alkanes) is 15. The van der Waals surface area contributed by atoms with E-state index < -0.39 is 8.60 Å². The summed E-state index contributed by atoms with van der Waals surface area (Å²) in [5.41, 5.74) is 7.44. The molecule has 52 heavy (non-hydrogen) atoms. The minimum Gasteiger partial charge on any atom is -0.417 e. The molecule has 0 spiro atoms. The van der Waals surface area contributed by atoms with Crippen LogP contribution in [0.4, 0.5) is 0 Å². The first-order chi connectivity index (χ1) is 24.2. The summed E-state index contributed by atoms with van der Waals surface area (Å²) in [7, 11) is -1.65. The maximum Gasteiger partial charge on any atom is 0.463 e. The zero-order valence-corrected chi connectivity index (χ0v) is 37.5. The summed E-state index contributed by atoms with van der Waals surface area (Å²) >= 11 is 0. The van der Waals surface area contributed by atoms with Gasteiger partial charge in [-0.3, -0.25) is 4.52 Å². The second-order valence-corrected chi connectivity index (χ2v) is 21.2. The van der Waals surface area contributed by atoms with E-state index in [-0.39, 0.29) is 27.6 Å². The highest BCUT2D eigenvalue weighted by molar-refractivity contribution is 7.42. The highest BCUT2D eigenvalue weighted by Gasteiger charge is 2.37. The molecule has 1 aliphatic rings. The monoisotopic (exact) mass is 737 g/mol. The SMILES string of the molecule is CCCCCCCCCCCCCCCCCCOP1Oc2c(cc(C(C)(C)C)cc2C(C)(C)C)C(C)c2cc(C(C)(C)C)cc(C(C)(C)C)c2O1. The fourth-order valence-electron chi connectivity index (χ4n) is 7.31. The minimum atomic E-state index is -1.65. The molecule has 2 aromatic carbocycles. The van der Waals surface area contributed by atoms with Gasteiger partial charge in [0.15, 0.2) is 0 Å². The van der Waals surface area contributed by atoms with E-state index in [4.69, 9.17) is 13.6 Å². The third-order valence-corrected chi connectivity index (χ3v) is 12.1. The van der Waals surface area contributed by atoms with Gasteiger partial charge in [0.25, 0.3) is 0 Å². The lowest BCUT2D eigenvalue weighted by atomic mass is 9.74. The summed E-state index contributed by atoms with van der Waals surface area (Å²) in [6.45, 7) is 33.0. The average molecular weight is 737 g/mol. The maximum absolute atomic E-state index is 7.00. The number of benzene rings is 2. The largest absolute Gasteiger partial charge is 0.463 e. The van der Waals surface area contributed by atoms with E-state index in [1.807, 2.05) is 0 Å². The van der Waals surface area contributed by atoms with Gasteiger partial charge in [-0.15, -0.1) is 0 Å². The summed E-state index contributed by atoms with van der Waals surface area (Å²) in [5, 5.41) is 0. The van der Waals surface area contributed by atoms with E-state index in [1.54, 1.807) is 0 Å². The van der Waals surface area contributed by atoms with Crippen LogP contribution in [0.3, 0.4) is 0 Å². The first kappa shape index (κ1) is 44.8. The second kappa shape index (κ2) is 19.8. The average Bonchev–Trinajstić information content (AvgIpc) is 3.03. The van der Waals surface area contributed by atoms with E-state index in [2.05, 4.69) is 121 Å². The molecule has 2 aromatic rings. The molecule has 0 radical (unpaired) electrons. The van der Waals surface area contributed by atoms with E-state index in [0.29, 0.717) is 6.61 Å². The Hall–Kier alpha value is -1.57. The predicted molar refractivity (Wildman–Crippen MR) is 229 cm³/mol. The zero-order chi connectivity index (χ0) is 38.7. The Labute approximate surface area is 324 Å². The molecule has 0 unspecified atom stereocenters. The molecule has 0 amide bonds. The van der Waals surface area contributed by atoms with Gasteiger partial charge in [-0.05, 0) is 39.2 Å². The number of fused-ring (bicyclic) bond motifs is 2. The smallest absolute Gasteiger partial charge is 0.417 e. The highest BCUT2D eigenvalue weighted by atomic mass is 31.2. The third-order valence-electron chi connectivity index (χ3n) is 11.0. The molecule has 296 valence electrons. The Balaban J connectivity index is 1.74.